The van der Waals surface area contributed by atoms with E-state index in [0.717, 1.165) is 5.39 Å². The van der Waals surface area contributed by atoms with E-state index in [1.54, 1.807) is 19.1 Å². The molecule has 2 rings (SSSR count). The molecule has 92 valence electrons. The Morgan fingerprint density at radius 2 is 2.06 bits per heavy atom. The zero-order chi connectivity index (χ0) is 13.1. The highest BCUT2D eigenvalue weighted by Crippen LogP contribution is 2.27. The van der Waals surface area contributed by atoms with E-state index in [4.69, 9.17) is 0 Å². The number of fused-ring (bicyclic) bond motifs is 1. The third-order valence-corrected chi connectivity index (χ3v) is 2.68. The Balaban J connectivity index is 2.72. The molecule has 2 aromatic rings. The second-order valence-corrected chi connectivity index (χ2v) is 3.83. The van der Waals surface area contributed by atoms with Crippen molar-refractivity contribution in [2.75, 3.05) is 7.11 Å². The van der Waals surface area contributed by atoms with Crippen LogP contribution >= 0.6 is 0 Å². The monoisotopic (exact) mass is 244 g/mol. The molecular formula is C13H12N2O3. The molecule has 5 nitrogen and oxygen atoms in total. The van der Waals surface area contributed by atoms with E-state index in [1.807, 2.05) is 18.2 Å². The van der Waals surface area contributed by atoms with Crippen LogP contribution in [0.5, 0.6) is 0 Å². The van der Waals surface area contributed by atoms with Crippen molar-refractivity contribution in [1.29, 1.82) is 0 Å². The molecule has 0 aliphatic carbocycles. The molecular weight excluding hydrogens is 232 g/mol. The Morgan fingerprint density at radius 1 is 1.33 bits per heavy atom. The Hall–Kier alpha value is -2.43. The van der Waals surface area contributed by atoms with Crippen molar-refractivity contribution >= 4 is 22.2 Å². The Bertz CT molecular complexity index is 635. The lowest BCUT2D eigenvalue weighted by Crippen LogP contribution is -1.98. The lowest BCUT2D eigenvalue weighted by molar-refractivity contribution is -0.383. The maximum Gasteiger partial charge on any atom is 0.277 e. The predicted octanol–water partition coefficient (Wildman–Crippen LogP) is 3.12. The van der Waals surface area contributed by atoms with Gasteiger partial charge in [0.15, 0.2) is 0 Å². The van der Waals surface area contributed by atoms with Gasteiger partial charge in [-0.3, -0.25) is 10.1 Å². The molecule has 5 heteroatoms. The average molecular weight is 244 g/mol. The van der Waals surface area contributed by atoms with Gasteiger partial charge < -0.3 is 4.84 Å². The number of nitro groups is 1. The normalized spacial score (nSPS) is 11.6. The summed E-state index contributed by atoms with van der Waals surface area (Å²) in [6.45, 7) is 1.75. The largest absolute Gasteiger partial charge is 0.399 e. The molecule has 0 amide bonds. The quantitative estimate of drug-likeness (QED) is 0.473. The molecule has 0 fully saturated rings. The van der Waals surface area contributed by atoms with Gasteiger partial charge in [0.1, 0.15) is 7.11 Å². The average Bonchev–Trinajstić information content (AvgIpc) is 2.37. The fraction of sp³-hybridized carbons (Fsp3) is 0.154. The highest BCUT2D eigenvalue weighted by atomic mass is 16.6. The van der Waals surface area contributed by atoms with Crippen LogP contribution in [-0.4, -0.2) is 17.7 Å². The minimum atomic E-state index is -0.383. The van der Waals surface area contributed by atoms with Gasteiger partial charge in [-0.25, -0.2) is 0 Å². The van der Waals surface area contributed by atoms with Crippen LogP contribution in [0.15, 0.2) is 41.6 Å². The second-order valence-electron chi connectivity index (χ2n) is 3.83. The molecule has 0 atom stereocenters. The van der Waals surface area contributed by atoms with Crippen molar-refractivity contribution in [3.05, 3.63) is 52.1 Å². The Morgan fingerprint density at radius 3 is 2.72 bits per heavy atom. The van der Waals surface area contributed by atoms with E-state index < -0.39 is 0 Å². The number of rotatable bonds is 3. The van der Waals surface area contributed by atoms with Crippen LogP contribution in [-0.2, 0) is 4.84 Å². The topological polar surface area (TPSA) is 64.7 Å². The maximum absolute atomic E-state index is 11.1. The van der Waals surface area contributed by atoms with Gasteiger partial charge in [0.05, 0.1) is 16.0 Å². The number of benzene rings is 2. The molecule has 2 aromatic carbocycles. The number of nitrogens with zero attached hydrogens (tertiary/aromatic N) is 2. The molecule has 0 saturated heterocycles. The predicted molar refractivity (Wildman–Crippen MR) is 69.8 cm³/mol. The minimum Gasteiger partial charge on any atom is -0.399 e. The van der Waals surface area contributed by atoms with E-state index >= 15 is 0 Å². The zero-order valence-corrected chi connectivity index (χ0v) is 10.1. The highest BCUT2D eigenvalue weighted by molar-refractivity contribution is 6.04. The standard InChI is InChI=1S/C13H12N2O3/c1-9(14-18-2)11-7-10-5-3-4-6-12(10)13(8-11)15(16)17/h3-8H,1-2H3/b14-9+. The van der Waals surface area contributed by atoms with Gasteiger partial charge in [0, 0.05) is 11.6 Å². The third kappa shape index (κ3) is 2.15. The summed E-state index contributed by atoms with van der Waals surface area (Å²) >= 11 is 0. The first-order chi connectivity index (χ1) is 8.63. The van der Waals surface area contributed by atoms with E-state index in [0.29, 0.717) is 16.7 Å². The summed E-state index contributed by atoms with van der Waals surface area (Å²) in [5.41, 5.74) is 1.36. The number of nitro benzene ring substituents is 1. The first-order valence-electron chi connectivity index (χ1n) is 5.39. The van der Waals surface area contributed by atoms with Gasteiger partial charge in [0.25, 0.3) is 5.69 Å². The summed E-state index contributed by atoms with van der Waals surface area (Å²) < 4.78 is 0. The summed E-state index contributed by atoms with van der Waals surface area (Å²) in [4.78, 5) is 15.4. The SMILES string of the molecule is CO/N=C(\C)c1cc([N+](=O)[O-])c2ccccc2c1. The number of hydrogen-bond acceptors (Lipinski definition) is 4. The number of hydrogen-bond donors (Lipinski definition) is 0. The van der Waals surface area contributed by atoms with E-state index in [9.17, 15) is 10.1 Å². The van der Waals surface area contributed by atoms with E-state index in [2.05, 4.69) is 9.99 Å². The van der Waals surface area contributed by atoms with Crippen molar-refractivity contribution in [3.8, 4) is 0 Å². The van der Waals surface area contributed by atoms with Crippen molar-refractivity contribution in [2.24, 2.45) is 5.16 Å². The van der Waals surface area contributed by atoms with Crippen LogP contribution in [0.25, 0.3) is 10.8 Å². The second kappa shape index (κ2) is 4.83. The van der Waals surface area contributed by atoms with Gasteiger partial charge in [-0.1, -0.05) is 23.4 Å². The summed E-state index contributed by atoms with van der Waals surface area (Å²) in [6.07, 6.45) is 0. The maximum atomic E-state index is 11.1. The van der Waals surface area contributed by atoms with Crippen LogP contribution in [0.1, 0.15) is 12.5 Å². The first kappa shape index (κ1) is 12.0. The Labute approximate surface area is 104 Å². The highest BCUT2D eigenvalue weighted by Gasteiger charge is 2.14. The lowest BCUT2D eigenvalue weighted by Gasteiger charge is -2.04. The molecule has 0 aliphatic rings. The van der Waals surface area contributed by atoms with Crippen LogP contribution in [0.3, 0.4) is 0 Å². The van der Waals surface area contributed by atoms with Crippen LogP contribution in [0.4, 0.5) is 5.69 Å². The molecule has 0 N–H and O–H groups in total. The van der Waals surface area contributed by atoms with E-state index in [1.165, 1.54) is 13.2 Å². The van der Waals surface area contributed by atoms with Gasteiger partial charge in [-0.15, -0.1) is 0 Å². The van der Waals surface area contributed by atoms with Crippen molar-refractivity contribution in [2.45, 2.75) is 6.92 Å². The van der Waals surface area contributed by atoms with Gasteiger partial charge in [0.2, 0.25) is 0 Å². The molecule has 0 spiro atoms. The number of non-ortho nitro benzene ring substituents is 1. The molecule has 0 bridgehead atoms. The summed E-state index contributed by atoms with van der Waals surface area (Å²) in [5, 5.41) is 16.3. The van der Waals surface area contributed by atoms with Gasteiger partial charge in [-0.05, 0) is 24.4 Å². The molecule has 18 heavy (non-hydrogen) atoms. The summed E-state index contributed by atoms with van der Waals surface area (Å²) in [7, 11) is 1.44. The molecule has 0 heterocycles. The molecule has 0 saturated carbocycles. The smallest absolute Gasteiger partial charge is 0.277 e. The van der Waals surface area contributed by atoms with Gasteiger partial charge in [-0.2, -0.15) is 0 Å². The summed E-state index contributed by atoms with van der Waals surface area (Å²) in [5.74, 6) is 0. The first-order valence-corrected chi connectivity index (χ1v) is 5.39. The Kier molecular flexibility index (Phi) is 3.23. The van der Waals surface area contributed by atoms with Crippen molar-refractivity contribution in [3.63, 3.8) is 0 Å². The molecule has 0 unspecified atom stereocenters. The molecule has 0 aromatic heterocycles. The van der Waals surface area contributed by atoms with Gasteiger partial charge >= 0.3 is 0 Å². The minimum absolute atomic E-state index is 0.0775. The lowest BCUT2D eigenvalue weighted by atomic mass is 10.0. The van der Waals surface area contributed by atoms with E-state index in [-0.39, 0.29) is 10.6 Å². The molecule has 0 radical (unpaired) electrons. The van der Waals surface area contributed by atoms with Crippen LogP contribution in [0, 0.1) is 10.1 Å². The zero-order valence-electron chi connectivity index (χ0n) is 10.1. The van der Waals surface area contributed by atoms with Crippen LogP contribution < -0.4 is 0 Å². The fourth-order valence-corrected chi connectivity index (χ4v) is 1.84. The van der Waals surface area contributed by atoms with Crippen LogP contribution in [0.2, 0.25) is 0 Å². The molecule has 0 aliphatic heterocycles. The summed E-state index contributed by atoms with van der Waals surface area (Å²) in [6, 6.07) is 10.6. The number of oxime groups is 1. The van der Waals surface area contributed by atoms with Crippen molar-refractivity contribution in [1.82, 2.24) is 0 Å². The van der Waals surface area contributed by atoms with Crippen molar-refractivity contribution < 1.29 is 9.76 Å². The fourth-order valence-electron chi connectivity index (χ4n) is 1.84. The third-order valence-electron chi connectivity index (χ3n) is 2.68.